The summed E-state index contributed by atoms with van der Waals surface area (Å²) in [5, 5.41) is 16.7. The second kappa shape index (κ2) is 8.42. The largest absolute Gasteiger partial charge is 0.324 e. The van der Waals surface area contributed by atoms with Crippen LogP contribution in [0.5, 0.6) is 0 Å². The molecule has 1 amide bonds. The summed E-state index contributed by atoms with van der Waals surface area (Å²) in [6, 6.07) is 4.59. The van der Waals surface area contributed by atoms with Crippen LogP contribution in [-0.2, 0) is 4.79 Å². The number of benzene rings is 1. The summed E-state index contributed by atoms with van der Waals surface area (Å²) in [6.45, 7) is 4.96. The van der Waals surface area contributed by atoms with Gasteiger partial charge in [0.1, 0.15) is 0 Å². The zero-order chi connectivity index (χ0) is 15.4. The number of non-ortho nitro benzene ring substituents is 1. The van der Waals surface area contributed by atoms with Gasteiger partial charge in [0.15, 0.2) is 0 Å². The summed E-state index contributed by atoms with van der Waals surface area (Å²) in [7, 11) is 0. The van der Waals surface area contributed by atoms with Crippen LogP contribution in [0.3, 0.4) is 0 Å². The molecule has 122 valence electrons. The minimum Gasteiger partial charge on any atom is -0.324 e. The number of halogens is 2. The predicted molar refractivity (Wildman–Crippen MR) is 90.6 cm³/mol. The van der Waals surface area contributed by atoms with Crippen LogP contribution in [0.1, 0.15) is 6.92 Å². The van der Waals surface area contributed by atoms with Crippen LogP contribution in [-0.4, -0.2) is 48.0 Å². The standard InChI is InChI=1S/C13H17BrN4O3.ClH/c1-9-7-15-4-5-17(9)8-13(19)16-12-3-2-10(18(20)21)6-11(12)14;/h2-3,6,9,15H,4-5,7-8H2,1H3,(H,16,19);1H/t9-;/m1./s1. The van der Waals surface area contributed by atoms with Gasteiger partial charge in [-0.05, 0) is 28.9 Å². The lowest BCUT2D eigenvalue weighted by Gasteiger charge is -2.33. The Labute approximate surface area is 143 Å². The van der Waals surface area contributed by atoms with Gasteiger partial charge in [-0.2, -0.15) is 0 Å². The zero-order valence-electron chi connectivity index (χ0n) is 12.0. The summed E-state index contributed by atoms with van der Waals surface area (Å²) < 4.78 is 0.499. The van der Waals surface area contributed by atoms with Crippen molar-refractivity contribution in [2.24, 2.45) is 0 Å². The fourth-order valence-electron chi connectivity index (χ4n) is 2.21. The van der Waals surface area contributed by atoms with Gasteiger partial charge in [-0.25, -0.2) is 0 Å². The molecule has 1 aromatic carbocycles. The second-order valence-corrected chi connectivity index (χ2v) is 5.85. The highest BCUT2D eigenvalue weighted by molar-refractivity contribution is 9.10. The minimum absolute atomic E-state index is 0. The van der Waals surface area contributed by atoms with E-state index in [0.29, 0.717) is 22.7 Å². The zero-order valence-corrected chi connectivity index (χ0v) is 14.4. The number of carbonyl (C=O) groups is 1. The van der Waals surface area contributed by atoms with Gasteiger partial charge in [0, 0.05) is 42.3 Å². The summed E-state index contributed by atoms with van der Waals surface area (Å²) in [5.74, 6) is -0.127. The second-order valence-electron chi connectivity index (χ2n) is 4.99. The number of carbonyl (C=O) groups excluding carboxylic acids is 1. The molecular weight excluding hydrogens is 376 g/mol. The van der Waals surface area contributed by atoms with E-state index >= 15 is 0 Å². The maximum atomic E-state index is 12.1. The number of rotatable bonds is 4. The molecule has 2 rings (SSSR count). The van der Waals surface area contributed by atoms with Gasteiger partial charge in [0.05, 0.1) is 17.2 Å². The number of hydrogen-bond acceptors (Lipinski definition) is 5. The Bertz CT molecular complexity index is 558. The Morgan fingerprint density at radius 2 is 2.32 bits per heavy atom. The van der Waals surface area contributed by atoms with Crippen LogP contribution < -0.4 is 10.6 Å². The van der Waals surface area contributed by atoms with Crippen LogP contribution in [0.4, 0.5) is 11.4 Å². The van der Waals surface area contributed by atoms with Crippen LogP contribution in [0.25, 0.3) is 0 Å². The molecule has 22 heavy (non-hydrogen) atoms. The normalized spacial score (nSPS) is 18.4. The highest BCUT2D eigenvalue weighted by Gasteiger charge is 2.20. The maximum Gasteiger partial charge on any atom is 0.270 e. The topological polar surface area (TPSA) is 87.5 Å². The minimum atomic E-state index is -0.473. The van der Waals surface area contributed by atoms with E-state index in [0.717, 1.165) is 19.6 Å². The first kappa shape index (κ1) is 18.8. The van der Waals surface area contributed by atoms with Crippen molar-refractivity contribution in [1.29, 1.82) is 0 Å². The highest BCUT2D eigenvalue weighted by atomic mass is 79.9. The Morgan fingerprint density at radius 3 is 2.91 bits per heavy atom. The molecule has 0 spiro atoms. The molecule has 0 radical (unpaired) electrons. The molecule has 1 heterocycles. The molecule has 0 aromatic heterocycles. The molecule has 1 aliphatic rings. The Hall–Kier alpha value is -1.22. The fraction of sp³-hybridized carbons (Fsp3) is 0.462. The van der Waals surface area contributed by atoms with Gasteiger partial charge in [-0.3, -0.25) is 19.8 Å². The molecule has 1 atom stereocenters. The number of amides is 1. The smallest absolute Gasteiger partial charge is 0.270 e. The lowest BCUT2D eigenvalue weighted by molar-refractivity contribution is -0.384. The molecule has 1 fully saturated rings. The molecule has 0 aliphatic carbocycles. The van der Waals surface area contributed by atoms with E-state index in [1.807, 2.05) is 0 Å². The molecule has 1 aromatic rings. The Balaban J connectivity index is 0.00000242. The fourth-order valence-corrected chi connectivity index (χ4v) is 2.68. The first-order valence-corrected chi connectivity index (χ1v) is 7.45. The van der Waals surface area contributed by atoms with E-state index in [9.17, 15) is 14.9 Å². The molecule has 0 unspecified atom stereocenters. The van der Waals surface area contributed by atoms with Crippen LogP contribution in [0.2, 0.25) is 0 Å². The van der Waals surface area contributed by atoms with Crippen LogP contribution in [0, 0.1) is 10.1 Å². The van der Waals surface area contributed by atoms with Gasteiger partial charge >= 0.3 is 0 Å². The van der Waals surface area contributed by atoms with E-state index in [2.05, 4.69) is 38.4 Å². The number of nitrogens with one attached hydrogen (secondary N) is 2. The summed E-state index contributed by atoms with van der Waals surface area (Å²) in [5.41, 5.74) is 0.518. The van der Waals surface area contributed by atoms with Gasteiger partial charge in [0.2, 0.25) is 5.91 Å². The first-order valence-electron chi connectivity index (χ1n) is 6.66. The van der Waals surface area contributed by atoms with Crippen molar-refractivity contribution in [3.8, 4) is 0 Å². The lowest BCUT2D eigenvalue weighted by atomic mass is 10.2. The third-order valence-electron chi connectivity index (χ3n) is 3.42. The van der Waals surface area contributed by atoms with Crippen molar-refractivity contribution in [3.05, 3.63) is 32.8 Å². The van der Waals surface area contributed by atoms with E-state index in [-0.39, 0.29) is 24.0 Å². The predicted octanol–water partition coefficient (Wildman–Crippen LogP) is 2.01. The van der Waals surface area contributed by atoms with Crippen LogP contribution in [0.15, 0.2) is 22.7 Å². The summed E-state index contributed by atoms with van der Waals surface area (Å²) >= 11 is 3.24. The SMILES string of the molecule is C[C@@H]1CNCCN1CC(=O)Nc1ccc([N+](=O)[O-])cc1Br.Cl. The van der Waals surface area contributed by atoms with Crippen molar-refractivity contribution in [1.82, 2.24) is 10.2 Å². The first-order chi connectivity index (χ1) is 9.97. The van der Waals surface area contributed by atoms with Gasteiger partial charge in [-0.15, -0.1) is 12.4 Å². The average Bonchev–Trinajstić information content (AvgIpc) is 2.43. The third kappa shape index (κ3) is 4.91. The molecule has 0 saturated carbocycles. The molecule has 0 bridgehead atoms. The quantitative estimate of drug-likeness (QED) is 0.603. The van der Waals surface area contributed by atoms with E-state index < -0.39 is 4.92 Å². The van der Waals surface area contributed by atoms with Gasteiger partial charge in [-0.1, -0.05) is 0 Å². The van der Waals surface area contributed by atoms with Crippen molar-refractivity contribution >= 4 is 45.6 Å². The number of nitrogens with zero attached hydrogens (tertiary/aromatic N) is 2. The Kier molecular flexibility index (Phi) is 7.21. The molecule has 2 N–H and O–H groups in total. The van der Waals surface area contributed by atoms with Gasteiger partial charge in [0.25, 0.3) is 5.69 Å². The molecule has 7 nitrogen and oxygen atoms in total. The number of anilines is 1. The number of hydrogen-bond donors (Lipinski definition) is 2. The Morgan fingerprint density at radius 1 is 1.59 bits per heavy atom. The van der Waals surface area contributed by atoms with Crippen molar-refractivity contribution < 1.29 is 9.72 Å². The van der Waals surface area contributed by atoms with E-state index in [4.69, 9.17) is 0 Å². The van der Waals surface area contributed by atoms with E-state index in [1.54, 1.807) is 0 Å². The lowest BCUT2D eigenvalue weighted by Crippen LogP contribution is -2.52. The maximum absolute atomic E-state index is 12.1. The average molecular weight is 394 g/mol. The summed E-state index contributed by atoms with van der Waals surface area (Å²) in [4.78, 5) is 24.4. The molecule has 1 saturated heterocycles. The van der Waals surface area contributed by atoms with E-state index in [1.165, 1.54) is 18.2 Å². The van der Waals surface area contributed by atoms with Crippen molar-refractivity contribution in [2.75, 3.05) is 31.5 Å². The van der Waals surface area contributed by atoms with Crippen LogP contribution >= 0.6 is 28.3 Å². The molecular formula is C13H18BrClN4O3. The third-order valence-corrected chi connectivity index (χ3v) is 4.08. The number of piperazine rings is 1. The van der Waals surface area contributed by atoms with Crippen molar-refractivity contribution in [3.63, 3.8) is 0 Å². The monoisotopic (exact) mass is 392 g/mol. The van der Waals surface area contributed by atoms with Gasteiger partial charge < -0.3 is 10.6 Å². The van der Waals surface area contributed by atoms with Crippen molar-refractivity contribution in [2.45, 2.75) is 13.0 Å². The summed E-state index contributed by atoms with van der Waals surface area (Å²) in [6.07, 6.45) is 0. The highest BCUT2D eigenvalue weighted by Crippen LogP contribution is 2.27. The molecule has 9 heteroatoms. The number of nitro groups is 1. The molecule has 1 aliphatic heterocycles. The number of nitro benzene ring substituents is 1.